The van der Waals surface area contributed by atoms with Gasteiger partial charge in [0, 0.05) is 33.4 Å². The van der Waals surface area contributed by atoms with Crippen LogP contribution in [0.5, 0.6) is 0 Å². The number of carbonyl (C=O) groups is 1. The minimum atomic E-state index is -0.127. The van der Waals surface area contributed by atoms with Crippen molar-refractivity contribution < 1.29 is 4.79 Å². The fraction of sp³-hybridized carbons (Fsp3) is 0. The van der Waals surface area contributed by atoms with Crippen LogP contribution in [-0.4, -0.2) is 10.8 Å². The van der Waals surface area contributed by atoms with E-state index in [9.17, 15) is 4.79 Å². The molecule has 3 aromatic rings. The Kier molecular flexibility index (Phi) is 3.12. The average Bonchev–Trinajstić information content (AvgIpc) is 2.46. The first-order valence-corrected chi connectivity index (χ1v) is 6.48. The molecule has 1 aromatic heterocycles. The molecule has 1 heterocycles. The van der Waals surface area contributed by atoms with Gasteiger partial charge in [0.15, 0.2) is 5.78 Å². The van der Waals surface area contributed by atoms with Gasteiger partial charge in [-0.05, 0) is 30.3 Å². The molecular formula is C16H11ClN2O. The molecular weight excluding hydrogens is 272 g/mol. The molecule has 3 nitrogen and oxygen atoms in total. The van der Waals surface area contributed by atoms with Gasteiger partial charge in [0.25, 0.3) is 0 Å². The summed E-state index contributed by atoms with van der Waals surface area (Å²) in [6.45, 7) is 0. The van der Waals surface area contributed by atoms with Crippen LogP contribution in [0.4, 0.5) is 5.69 Å². The number of hydrogen-bond acceptors (Lipinski definition) is 3. The zero-order valence-electron chi connectivity index (χ0n) is 10.5. The fourth-order valence-electron chi connectivity index (χ4n) is 2.19. The van der Waals surface area contributed by atoms with Gasteiger partial charge in [-0.15, -0.1) is 0 Å². The van der Waals surface area contributed by atoms with Crippen molar-refractivity contribution in [1.82, 2.24) is 4.98 Å². The van der Waals surface area contributed by atoms with Crippen molar-refractivity contribution in [2.45, 2.75) is 0 Å². The molecule has 0 saturated carbocycles. The number of aromatic nitrogens is 1. The first-order chi connectivity index (χ1) is 9.66. The summed E-state index contributed by atoms with van der Waals surface area (Å²) in [7, 11) is 0. The van der Waals surface area contributed by atoms with E-state index in [-0.39, 0.29) is 5.78 Å². The van der Waals surface area contributed by atoms with E-state index < -0.39 is 0 Å². The monoisotopic (exact) mass is 282 g/mol. The number of pyridine rings is 1. The van der Waals surface area contributed by atoms with Gasteiger partial charge in [-0.3, -0.25) is 9.78 Å². The number of anilines is 1. The molecule has 0 aliphatic rings. The number of rotatable bonds is 2. The molecule has 0 aliphatic carbocycles. The number of nitrogens with zero attached hydrogens (tertiary/aromatic N) is 1. The number of ketones is 1. The Morgan fingerprint density at radius 2 is 1.90 bits per heavy atom. The summed E-state index contributed by atoms with van der Waals surface area (Å²) in [5.41, 5.74) is 8.08. The molecule has 4 heteroatoms. The van der Waals surface area contributed by atoms with Gasteiger partial charge in [-0.1, -0.05) is 29.8 Å². The normalized spacial score (nSPS) is 10.7. The SMILES string of the molecule is Nc1cc(Cl)ccc1C(=O)c1cccc2ncccc12. The van der Waals surface area contributed by atoms with E-state index in [4.69, 9.17) is 17.3 Å². The Balaban J connectivity index is 2.18. The Morgan fingerprint density at radius 1 is 1.05 bits per heavy atom. The van der Waals surface area contributed by atoms with Crippen LogP contribution in [0.1, 0.15) is 15.9 Å². The van der Waals surface area contributed by atoms with Gasteiger partial charge in [0.1, 0.15) is 0 Å². The molecule has 0 radical (unpaired) electrons. The van der Waals surface area contributed by atoms with Gasteiger partial charge in [0.2, 0.25) is 0 Å². The molecule has 0 spiro atoms. The summed E-state index contributed by atoms with van der Waals surface area (Å²) >= 11 is 5.86. The minimum Gasteiger partial charge on any atom is -0.398 e. The van der Waals surface area contributed by atoms with E-state index >= 15 is 0 Å². The molecule has 0 amide bonds. The fourth-order valence-corrected chi connectivity index (χ4v) is 2.37. The third-order valence-corrected chi connectivity index (χ3v) is 3.38. The topological polar surface area (TPSA) is 56.0 Å². The first-order valence-electron chi connectivity index (χ1n) is 6.10. The second-order valence-electron chi connectivity index (χ2n) is 4.44. The van der Waals surface area contributed by atoms with Crippen LogP contribution < -0.4 is 5.73 Å². The van der Waals surface area contributed by atoms with E-state index in [0.29, 0.717) is 21.8 Å². The molecule has 98 valence electrons. The Labute approximate surface area is 121 Å². The lowest BCUT2D eigenvalue weighted by Gasteiger charge is -2.08. The highest BCUT2D eigenvalue weighted by atomic mass is 35.5. The molecule has 0 aliphatic heterocycles. The predicted octanol–water partition coefficient (Wildman–Crippen LogP) is 3.70. The molecule has 2 N–H and O–H groups in total. The molecule has 0 unspecified atom stereocenters. The highest BCUT2D eigenvalue weighted by Gasteiger charge is 2.15. The van der Waals surface area contributed by atoms with Crippen LogP contribution in [0, 0.1) is 0 Å². The van der Waals surface area contributed by atoms with Gasteiger partial charge in [0.05, 0.1) is 5.52 Å². The predicted molar refractivity (Wildman–Crippen MR) is 81.0 cm³/mol. The third kappa shape index (κ3) is 2.12. The average molecular weight is 283 g/mol. The molecule has 20 heavy (non-hydrogen) atoms. The van der Waals surface area contributed by atoms with Crippen LogP contribution in [0.2, 0.25) is 5.02 Å². The lowest BCUT2D eigenvalue weighted by Crippen LogP contribution is -2.06. The quantitative estimate of drug-likeness (QED) is 0.576. The van der Waals surface area contributed by atoms with Crippen molar-refractivity contribution in [3.63, 3.8) is 0 Å². The van der Waals surface area contributed by atoms with Crippen molar-refractivity contribution in [2.24, 2.45) is 0 Å². The molecule has 2 aromatic carbocycles. The lowest BCUT2D eigenvalue weighted by atomic mass is 9.98. The third-order valence-electron chi connectivity index (χ3n) is 3.15. The summed E-state index contributed by atoms with van der Waals surface area (Å²) in [5.74, 6) is -0.127. The standard InChI is InChI=1S/C16H11ClN2O/c17-10-6-7-13(14(18)9-10)16(20)12-3-1-5-15-11(12)4-2-8-19-15/h1-9H,18H2. The lowest BCUT2D eigenvalue weighted by molar-refractivity contribution is 0.104. The number of nitrogen functional groups attached to an aromatic ring is 1. The number of carbonyl (C=O) groups excluding carboxylic acids is 1. The maximum atomic E-state index is 12.6. The van der Waals surface area contributed by atoms with Crippen molar-refractivity contribution in [3.8, 4) is 0 Å². The largest absolute Gasteiger partial charge is 0.398 e. The zero-order chi connectivity index (χ0) is 14.1. The maximum absolute atomic E-state index is 12.6. The smallest absolute Gasteiger partial charge is 0.195 e. The second kappa shape index (κ2) is 4.94. The molecule has 3 rings (SSSR count). The van der Waals surface area contributed by atoms with Crippen LogP contribution in [0.3, 0.4) is 0 Å². The van der Waals surface area contributed by atoms with Crippen LogP contribution in [0.25, 0.3) is 10.9 Å². The molecule has 0 saturated heterocycles. The second-order valence-corrected chi connectivity index (χ2v) is 4.87. The van der Waals surface area contributed by atoms with E-state index in [1.807, 2.05) is 24.3 Å². The number of hydrogen-bond donors (Lipinski definition) is 1. The highest BCUT2D eigenvalue weighted by Crippen LogP contribution is 2.24. The highest BCUT2D eigenvalue weighted by molar-refractivity contribution is 6.31. The first kappa shape index (κ1) is 12.6. The summed E-state index contributed by atoms with van der Waals surface area (Å²) in [6, 6.07) is 14.0. The number of halogens is 1. The van der Waals surface area contributed by atoms with Crippen LogP contribution >= 0.6 is 11.6 Å². The van der Waals surface area contributed by atoms with Crippen molar-refractivity contribution in [1.29, 1.82) is 0 Å². The molecule has 0 atom stereocenters. The van der Waals surface area contributed by atoms with Gasteiger partial charge in [-0.2, -0.15) is 0 Å². The summed E-state index contributed by atoms with van der Waals surface area (Å²) in [5, 5.41) is 1.33. The maximum Gasteiger partial charge on any atom is 0.195 e. The molecule has 0 fully saturated rings. The van der Waals surface area contributed by atoms with Crippen molar-refractivity contribution >= 4 is 34.0 Å². The number of fused-ring (bicyclic) bond motifs is 1. The van der Waals surface area contributed by atoms with E-state index in [1.165, 1.54) is 0 Å². The van der Waals surface area contributed by atoms with Gasteiger partial charge in [-0.25, -0.2) is 0 Å². The summed E-state index contributed by atoms with van der Waals surface area (Å²) < 4.78 is 0. The zero-order valence-corrected chi connectivity index (χ0v) is 11.3. The van der Waals surface area contributed by atoms with Gasteiger partial charge >= 0.3 is 0 Å². The Bertz CT molecular complexity index is 809. The van der Waals surface area contributed by atoms with Crippen LogP contribution in [-0.2, 0) is 0 Å². The van der Waals surface area contributed by atoms with Crippen molar-refractivity contribution in [2.75, 3.05) is 5.73 Å². The Morgan fingerprint density at radius 3 is 2.70 bits per heavy atom. The Hall–Kier alpha value is -2.39. The molecule has 0 bridgehead atoms. The summed E-state index contributed by atoms with van der Waals surface area (Å²) in [4.78, 5) is 16.9. The van der Waals surface area contributed by atoms with Crippen molar-refractivity contribution in [3.05, 3.63) is 70.9 Å². The number of benzene rings is 2. The number of nitrogens with two attached hydrogens (primary N) is 1. The van der Waals surface area contributed by atoms with Crippen LogP contribution in [0.15, 0.2) is 54.7 Å². The summed E-state index contributed by atoms with van der Waals surface area (Å²) in [6.07, 6.45) is 1.70. The van der Waals surface area contributed by atoms with Gasteiger partial charge < -0.3 is 5.73 Å². The van der Waals surface area contributed by atoms with E-state index in [2.05, 4.69) is 4.98 Å². The van der Waals surface area contributed by atoms with E-state index in [1.54, 1.807) is 30.5 Å². The minimum absolute atomic E-state index is 0.127. The van der Waals surface area contributed by atoms with E-state index in [0.717, 1.165) is 10.9 Å².